The Kier molecular flexibility index (Phi) is 1.62. The lowest BCUT2D eigenvalue weighted by atomic mass is 9.95. The molecule has 68 valence electrons. The standard InChI is InChI=1S/C11H14N2/c1-2-8(1)11-5-9-3-4-12-6-10(9)7-13-11/h3-4,6,8,11,13H,1-2,5,7H2. The van der Waals surface area contributed by atoms with Crippen LogP contribution in [0.4, 0.5) is 0 Å². The molecule has 1 saturated carbocycles. The molecule has 2 aliphatic rings. The monoisotopic (exact) mass is 174 g/mol. The molecule has 1 aliphatic heterocycles. The van der Waals surface area contributed by atoms with Crippen molar-refractivity contribution in [2.75, 3.05) is 0 Å². The number of fused-ring (bicyclic) bond motifs is 1. The SMILES string of the molecule is c1cc2c(cn1)CNC(C1CC1)C2. The normalized spacial score (nSPS) is 26.9. The van der Waals surface area contributed by atoms with E-state index in [2.05, 4.69) is 16.4 Å². The fourth-order valence-corrected chi connectivity index (χ4v) is 2.20. The Morgan fingerprint density at radius 1 is 1.31 bits per heavy atom. The van der Waals surface area contributed by atoms with Crippen molar-refractivity contribution in [2.24, 2.45) is 5.92 Å². The van der Waals surface area contributed by atoms with Gasteiger partial charge in [0.05, 0.1) is 0 Å². The first-order valence-electron chi connectivity index (χ1n) is 5.08. The van der Waals surface area contributed by atoms with Crippen molar-refractivity contribution < 1.29 is 0 Å². The summed E-state index contributed by atoms with van der Waals surface area (Å²) in [5.41, 5.74) is 2.89. The van der Waals surface area contributed by atoms with Crippen molar-refractivity contribution in [3.8, 4) is 0 Å². The Bertz CT molecular complexity index is 318. The molecule has 13 heavy (non-hydrogen) atoms. The van der Waals surface area contributed by atoms with E-state index in [1.165, 1.54) is 30.4 Å². The van der Waals surface area contributed by atoms with Crippen LogP contribution in [-0.4, -0.2) is 11.0 Å². The molecule has 1 N–H and O–H groups in total. The molecule has 1 aromatic heterocycles. The molecule has 1 fully saturated rings. The molecule has 1 aliphatic carbocycles. The molecule has 0 saturated heterocycles. The summed E-state index contributed by atoms with van der Waals surface area (Å²) in [4.78, 5) is 4.14. The summed E-state index contributed by atoms with van der Waals surface area (Å²) < 4.78 is 0. The largest absolute Gasteiger partial charge is 0.309 e. The minimum atomic E-state index is 0.745. The molecule has 0 amide bonds. The molecule has 0 aromatic carbocycles. The van der Waals surface area contributed by atoms with E-state index in [-0.39, 0.29) is 0 Å². The third-order valence-corrected chi connectivity index (χ3v) is 3.19. The summed E-state index contributed by atoms with van der Waals surface area (Å²) >= 11 is 0. The number of nitrogens with one attached hydrogen (secondary N) is 1. The zero-order chi connectivity index (χ0) is 8.67. The van der Waals surface area contributed by atoms with Gasteiger partial charge < -0.3 is 5.32 Å². The third-order valence-electron chi connectivity index (χ3n) is 3.19. The second-order valence-electron chi connectivity index (χ2n) is 4.17. The van der Waals surface area contributed by atoms with Gasteiger partial charge in [0.1, 0.15) is 0 Å². The van der Waals surface area contributed by atoms with E-state index >= 15 is 0 Å². The van der Waals surface area contributed by atoms with E-state index in [4.69, 9.17) is 0 Å². The average Bonchev–Trinajstić information content (AvgIpc) is 3.00. The molecule has 2 nitrogen and oxygen atoms in total. The molecule has 1 atom stereocenters. The molecule has 0 spiro atoms. The lowest BCUT2D eigenvalue weighted by Gasteiger charge is -2.25. The Morgan fingerprint density at radius 2 is 2.23 bits per heavy atom. The first-order valence-corrected chi connectivity index (χ1v) is 5.08. The lowest BCUT2D eigenvalue weighted by Crippen LogP contribution is -2.37. The zero-order valence-corrected chi connectivity index (χ0v) is 7.66. The van der Waals surface area contributed by atoms with E-state index in [9.17, 15) is 0 Å². The van der Waals surface area contributed by atoms with E-state index in [0.717, 1.165) is 18.5 Å². The van der Waals surface area contributed by atoms with E-state index in [1.807, 2.05) is 12.4 Å². The Balaban J connectivity index is 1.85. The highest BCUT2D eigenvalue weighted by Crippen LogP contribution is 2.35. The number of hydrogen-bond acceptors (Lipinski definition) is 2. The van der Waals surface area contributed by atoms with Gasteiger partial charge in [-0.3, -0.25) is 4.98 Å². The van der Waals surface area contributed by atoms with Crippen LogP contribution in [0, 0.1) is 5.92 Å². The predicted octanol–water partition coefficient (Wildman–Crippen LogP) is 1.51. The molecule has 1 unspecified atom stereocenters. The maximum Gasteiger partial charge on any atom is 0.0315 e. The van der Waals surface area contributed by atoms with Crippen LogP contribution >= 0.6 is 0 Å². The average molecular weight is 174 g/mol. The summed E-state index contributed by atoms with van der Waals surface area (Å²) in [6, 6.07) is 2.92. The Morgan fingerprint density at radius 3 is 3.08 bits per heavy atom. The predicted molar refractivity (Wildman–Crippen MR) is 51.3 cm³/mol. The van der Waals surface area contributed by atoms with Gasteiger partial charge in [0, 0.05) is 25.0 Å². The Hall–Kier alpha value is -0.890. The topological polar surface area (TPSA) is 24.9 Å². The maximum absolute atomic E-state index is 4.14. The highest BCUT2D eigenvalue weighted by atomic mass is 14.9. The van der Waals surface area contributed by atoms with Gasteiger partial charge >= 0.3 is 0 Å². The van der Waals surface area contributed by atoms with E-state index in [0.29, 0.717) is 0 Å². The fourth-order valence-electron chi connectivity index (χ4n) is 2.20. The van der Waals surface area contributed by atoms with Crippen molar-refractivity contribution in [1.82, 2.24) is 10.3 Å². The molecule has 2 heteroatoms. The first-order chi connectivity index (χ1) is 6.43. The van der Waals surface area contributed by atoms with Crippen molar-refractivity contribution in [1.29, 1.82) is 0 Å². The minimum absolute atomic E-state index is 0.745. The van der Waals surface area contributed by atoms with Crippen LogP contribution in [-0.2, 0) is 13.0 Å². The Labute approximate surface area is 78.4 Å². The van der Waals surface area contributed by atoms with E-state index < -0.39 is 0 Å². The maximum atomic E-state index is 4.14. The van der Waals surface area contributed by atoms with Crippen molar-refractivity contribution in [3.63, 3.8) is 0 Å². The van der Waals surface area contributed by atoms with Gasteiger partial charge in [-0.2, -0.15) is 0 Å². The van der Waals surface area contributed by atoms with Gasteiger partial charge in [-0.15, -0.1) is 0 Å². The number of rotatable bonds is 1. The lowest BCUT2D eigenvalue weighted by molar-refractivity contribution is 0.434. The molecule has 0 bridgehead atoms. The summed E-state index contributed by atoms with van der Waals surface area (Å²) in [5.74, 6) is 0.960. The van der Waals surface area contributed by atoms with Crippen LogP contribution in [0.15, 0.2) is 18.5 Å². The van der Waals surface area contributed by atoms with Crippen LogP contribution in [0.25, 0.3) is 0 Å². The summed E-state index contributed by atoms with van der Waals surface area (Å²) in [7, 11) is 0. The van der Waals surface area contributed by atoms with Crippen LogP contribution in [0.3, 0.4) is 0 Å². The van der Waals surface area contributed by atoms with Gasteiger partial charge in [0.25, 0.3) is 0 Å². The van der Waals surface area contributed by atoms with Gasteiger partial charge in [-0.05, 0) is 42.4 Å². The second-order valence-corrected chi connectivity index (χ2v) is 4.17. The smallest absolute Gasteiger partial charge is 0.0315 e. The van der Waals surface area contributed by atoms with Crippen LogP contribution in [0.1, 0.15) is 24.0 Å². The summed E-state index contributed by atoms with van der Waals surface area (Å²) in [6.07, 6.45) is 7.97. The molecule has 3 rings (SSSR count). The number of pyridine rings is 1. The molecule has 2 heterocycles. The molecule has 0 radical (unpaired) electrons. The number of aromatic nitrogens is 1. The highest BCUT2D eigenvalue weighted by molar-refractivity contribution is 5.27. The number of nitrogens with zero attached hydrogens (tertiary/aromatic N) is 1. The molecule has 1 aromatic rings. The minimum Gasteiger partial charge on any atom is -0.309 e. The van der Waals surface area contributed by atoms with Crippen LogP contribution in [0.2, 0.25) is 0 Å². The van der Waals surface area contributed by atoms with E-state index in [1.54, 1.807) is 0 Å². The van der Waals surface area contributed by atoms with Crippen molar-refractivity contribution in [3.05, 3.63) is 29.6 Å². The van der Waals surface area contributed by atoms with Crippen LogP contribution < -0.4 is 5.32 Å². The quantitative estimate of drug-likeness (QED) is 0.698. The van der Waals surface area contributed by atoms with Gasteiger partial charge in [0.2, 0.25) is 0 Å². The van der Waals surface area contributed by atoms with Gasteiger partial charge in [-0.1, -0.05) is 0 Å². The van der Waals surface area contributed by atoms with Gasteiger partial charge in [0.15, 0.2) is 0 Å². The van der Waals surface area contributed by atoms with Crippen molar-refractivity contribution in [2.45, 2.75) is 31.8 Å². The van der Waals surface area contributed by atoms with Gasteiger partial charge in [-0.25, -0.2) is 0 Å². The highest BCUT2D eigenvalue weighted by Gasteiger charge is 2.32. The zero-order valence-electron chi connectivity index (χ0n) is 7.66. The summed E-state index contributed by atoms with van der Waals surface area (Å²) in [5, 5.41) is 3.60. The number of hydrogen-bond donors (Lipinski definition) is 1. The molecular formula is C11H14N2. The third kappa shape index (κ3) is 1.35. The fraction of sp³-hybridized carbons (Fsp3) is 0.545. The van der Waals surface area contributed by atoms with Crippen molar-refractivity contribution >= 4 is 0 Å². The second kappa shape index (κ2) is 2.81. The summed E-state index contributed by atoms with van der Waals surface area (Å²) in [6.45, 7) is 1.02. The first kappa shape index (κ1) is 7.51. The molecular weight excluding hydrogens is 160 g/mol. The van der Waals surface area contributed by atoms with Crippen LogP contribution in [0.5, 0.6) is 0 Å².